The Bertz CT molecular complexity index is 1210. The van der Waals surface area contributed by atoms with Gasteiger partial charge in [-0.05, 0) is 36.1 Å². The van der Waals surface area contributed by atoms with E-state index in [9.17, 15) is 10.1 Å². The van der Waals surface area contributed by atoms with Gasteiger partial charge in [0.25, 0.3) is 0 Å². The third kappa shape index (κ3) is 3.70. The van der Waals surface area contributed by atoms with Gasteiger partial charge in [0, 0.05) is 10.5 Å². The minimum absolute atomic E-state index is 0.225. The molecule has 0 N–H and O–H groups in total. The smallest absolute Gasteiger partial charge is 0.415 e. The molecule has 156 valence electrons. The van der Waals surface area contributed by atoms with Crippen molar-refractivity contribution in [3.63, 3.8) is 0 Å². The van der Waals surface area contributed by atoms with E-state index in [4.69, 9.17) is 9.47 Å². The van der Waals surface area contributed by atoms with Crippen molar-refractivity contribution in [1.29, 1.82) is 0 Å². The van der Waals surface area contributed by atoms with Crippen LogP contribution < -0.4 is 9.47 Å². The molecular weight excluding hydrogens is 400 g/mol. The Morgan fingerprint density at radius 3 is 2.65 bits per heavy atom. The average Bonchev–Trinajstić information content (AvgIpc) is 3.47. The fourth-order valence-corrected chi connectivity index (χ4v) is 3.42. The topological polar surface area (TPSA) is 110 Å². The number of hydrogen-bond acceptors (Lipinski definition) is 7. The number of rotatable bonds is 6. The number of benzene rings is 2. The van der Waals surface area contributed by atoms with Crippen molar-refractivity contribution in [2.75, 3.05) is 6.61 Å². The maximum absolute atomic E-state index is 10.8. The molecule has 1 aliphatic heterocycles. The number of fused-ring (bicyclic) bond motifs is 1. The molecule has 0 aliphatic carbocycles. The Labute approximate surface area is 176 Å². The van der Waals surface area contributed by atoms with Crippen molar-refractivity contribution in [3.05, 3.63) is 77.1 Å². The van der Waals surface area contributed by atoms with Crippen molar-refractivity contribution in [1.82, 2.24) is 24.5 Å². The molecule has 0 saturated carbocycles. The van der Waals surface area contributed by atoms with Gasteiger partial charge in [-0.2, -0.15) is 0 Å². The second-order valence-electron chi connectivity index (χ2n) is 7.52. The molecule has 0 bridgehead atoms. The Kier molecular flexibility index (Phi) is 4.39. The fraction of sp³-hybridized carbons (Fsp3) is 0.190. The van der Waals surface area contributed by atoms with Gasteiger partial charge < -0.3 is 19.6 Å². The second kappa shape index (κ2) is 7.24. The zero-order chi connectivity index (χ0) is 21.4. The summed E-state index contributed by atoms with van der Waals surface area (Å²) in [5, 5.41) is 19.2. The molecule has 0 radical (unpaired) electrons. The third-order valence-corrected chi connectivity index (χ3v) is 4.97. The van der Waals surface area contributed by atoms with Gasteiger partial charge >= 0.3 is 11.8 Å². The first-order valence-corrected chi connectivity index (χ1v) is 9.61. The molecule has 0 saturated heterocycles. The van der Waals surface area contributed by atoms with Crippen LogP contribution in [0.5, 0.6) is 11.8 Å². The third-order valence-electron chi connectivity index (χ3n) is 4.97. The van der Waals surface area contributed by atoms with Gasteiger partial charge in [0.15, 0.2) is 5.60 Å². The van der Waals surface area contributed by atoms with Crippen LogP contribution in [0.3, 0.4) is 0 Å². The molecule has 0 amide bonds. The summed E-state index contributed by atoms with van der Waals surface area (Å²) in [5.41, 5.74) is 2.00. The predicted octanol–water partition coefficient (Wildman–Crippen LogP) is 3.27. The molecule has 5 rings (SSSR count). The lowest BCUT2D eigenvalue weighted by molar-refractivity contribution is -0.389. The minimum atomic E-state index is -0.660. The van der Waals surface area contributed by atoms with Crippen LogP contribution in [0.2, 0.25) is 0 Å². The number of nitro groups is 1. The van der Waals surface area contributed by atoms with Crippen molar-refractivity contribution >= 4 is 5.82 Å². The molecule has 0 fully saturated rings. The van der Waals surface area contributed by atoms with E-state index >= 15 is 0 Å². The monoisotopic (exact) mass is 418 g/mol. The van der Waals surface area contributed by atoms with Crippen LogP contribution in [-0.2, 0) is 6.54 Å². The summed E-state index contributed by atoms with van der Waals surface area (Å²) in [7, 11) is 0. The highest BCUT2D eigenvalue weighted by Gasteiger charge is 2.41. The van der Waals surface area contributed by atoms with E-state index in [1.807, 2.05) is 67.7 Å². The number of hydrogen-bond donors (Lipinski definition) is 0. The molecular formula is C21H18N6O4. The van der Waals surface area contributed by atoms with E-state index in [1.165, 1.54) is 6.20 Å². The summed E-state index contributed by atoms with van der Waals surface area (Å²) in [6.07, 6.45) is 3.25. The van der Waals surface area contributed by atoms with E-state index in [1.54, 1.807) is 9.25 Å². The summed E-state index contributed by atoms with van der Waals surface area (Å²) in [5.74, 6) is 0.449. The van der Waals surface area contributed by atoms with Crippen molar-refractivity contribution in [2.45, 2.75) is 19.1 Å². The molecule has 2 aromatic carbocycles. The molecule has 31 heavy (non-hydrogen) atoms. The SMILES string of the molecule is C[C@]1(COc2ccc(-n3cc(-c4ccccc4)nn3)cc2)Cn2cc([N+](=O)[O-])nc2O1. The van der Waals surface area contributed by atoms with Crippen molar-refractivity contribution in [2.24, 2.45) is 0 Å². The number of ether oxygens (including phenoxy) is 2. The van der Waals surface area contributed by atoms with Crippen molar-refractivity contribution < 1.29 is 14.4 Å². The first-order chi connectivity index (χ1) is 15.0. The Morgan fingerprint density at radius 1 is 1.16 bits per heavy atom. The average molecular weight is 418 g/mol. The Morgan fingerprint density at radius 2 is 1.94 bits per heavy atom. The maximum Gasteiger partial charge on any atom is 0.415 e. The van der Waals surface area contributed by atoms with Crippen LogP contribution in [-0.4, -0.2) is 41.7 Å². The summed E-state index contributed by atoms with van der Waals surface area (Å²) in [6.45, 7) is 2.57. The fourth-order valence-electron chi connectivity index (χ4n) is 3.42. The van der Waals surface area contributed by atoms with Gasteiger partial charge in [0.1, 0.15) is 24.2 Å². The summed E-state index contributed by atoms with van der Waals surface area (Å²) in [6, 6.07) is 17.6. The highest BCUT2D eigenvalue weighted by Crippen LogP contribution is 2.31. The first kappa shape index (κ1) is 18.8. The lowest BCUT2D eigenvalue weighted by Gasteiger charge is -2.22. The van der Waals surface area contributed by atoms with Crippen LogP contribution in [0.4, 0.5) is 5.82 Å². The molecule has 3 heterocycles. The maximum atomic E-state index is 10.8. The zero-order valence-corrected chi connectivity index (χ0v) is 16.6. The summed E-state index contributed by atoms with van der Waals surface area (Å²) < 4.78 is 15.0. The van der Waals surface area contributed by atoms with Crippen LogP contribution in [0.25, 0.3) is 16.9 Å². The minimum Gasteiger partial charge on any atom is -0.489 e. The van der Waals surface area contributed by atoms with Crippen LogP contribution in [0.15, 0.2) is 67.0 Å². The first-order valence-electron chi connectivity index (χ1n) is 9.61. The highest BCUT2D eigenvalue weighted by molar-refractivity contribution is 5.57. The molecule has 1 atom stereocenters. The van der Waals surface area contributed by atoms with Gasteiger partial charge in [-0.1, -0.05) is 35.5 Å². The summed E-state index contributed by atoms with van der Waals surface area (Å²) >= 11 is 0. The lowest BCUT2D eigenvalue weighted by Crippen LogP contribution is -2.38. The molecule has 0 unspecified atom stereocenters. The molecule has 10 nitrogen and oxygen atoms in total. The standard InChI is InChI=1S/C21H18N6O4/c1-21(13-25-12-19(27(28)29)22-20(25)31-21)14-30-17-9-7-16(8-10-17)26-11-18(23-24-26)15-5-3-2-4-6-15/h2-12H,13-14H2,1H3/t21-/m1/s1. The Balaban J connectivity index is 1.23. The van der Waals surface area contributed by atoms with E-state index in [-0.39, 0.29) is 18.4 Å². The lowest BCUT2D eigenvalue weighted by atomic mass is 10.1. The van der Waals surface area contributed by atoms with Crippen LogP contribution in [0, 0.1) is 10.1 Å². The summed E-state index contributed by atoms with van der Waals surface area (Å²) in [4.78, 5) is 14.2. The van der Waals surface area contributed by atoms with E-state index in [0.717, 1.165) is 16.9 Å². The zero-order valence-electron chi connectivity index (χ0n) is 16.6. The Hall–Kier alpha value is -4.21. The normalized spacial score (nSPS) is 17.2. The van der Waals surface area contributed by atoms with E-state index in [0.29, 0.717) is 12.3 Å². The van der Waals surface area contributed by atoms with Gasteiger partial charge in [-0.15, -0.1) is 5.10 Å². The number of imidazole rings is 1. The van der Waals surface area contributed by atoms with Gasteiger partial charge in [0.05, 0.1) is 18.4 Å². The van der Waals surface area contributed by atoms with E-state index in [2.05, 4.69) is 15.3 Å². The van der Waals surface area contributed by atoms with Crippen LogP contribution >= 0.6 is 0 Å². The predicted molar refractivity (Wildman–Crippen MR) is 110 cm³/mol. The van der Waals surface area contributed by atoms with Gasteiger partial charge in [0.2, 0.25) is 0 Å². The van der Waals surface area contributed by atoms with E-state index < -0.39 is 10.5 Å². The largest absolute Gasteiger partial charge is 0.489 e. The van der Waals surface area contributed by atoms with Gasteiger partial charge in [-0.25, -0.2) is 4.68 Å². The van der Waals surface area contributed by atoms with Gasteiger partial charge in [-0.3, -0.25) is 4.57 Å². The second-order valence-corrected chi connectivity index (χ2v) is 7.52. The molecule has 10 heteroatoms. The number of aromatic nitrogens is 5. The quantitative estimate of drug-likeness (QED) is 0.349. The van der Waals surface area contributed by atoms with Crippen LogP contribution in [0.1, 0.15) is 6.92 Å². The highest BCUT2D eigenvalue weighted by atomic mass is 16.6. The molecule has 2 aromatic heterocycles. The van der Waals surface area contributed by atoms with Crippen molar-refractivity contribution in [3.8, 4) is 28.7 Å². The molecule has 0 spiro atoms. The molecule has 4 aromatic rings. The number of nitrogens with zero attached hydrogens (tertiary/aromatic N) is 6. The molecule has 1 aliphatic rings.